The molecule has 0 saturated heterocycles. The van der Waals surface area contributed by atoms with Crippen molar-refractivity contribution in [1.82, 2.24) is 11.0 Å². The first-order valence-electron chi connectivity index (χ1n) is 2.00. The quantitative estimate of drug-likeness (QED) is 0.335. The van der Waals surface area contributed by atoms with Gasteiger partial charge in [-0.15, -0.1) is 11.0 Å². The SMILES string of the molecule is O=CNO[N+](=O)ONC=O. The average Bonchev–Trinajstić information content (AvgIpc) is 1.97. The van der Waals surface area contributed by atoms with E-state index in [4.69, 9.17) is 0 Å². The smallest absolute Gasteiger partial charge is 0.275 e. The highest BCUT2D eigenvalue weighted by Crippen LogP contribution is 1.67. The zero-order chi connectivity index (χ0) is 7.82. The highest BCUT2D eigenvalue weighted by atomic mass is 17.1. The van der Waals surface area contributed by atoms with Crippen LogP contribution in [-0.4, -0.2) is 17.9 Å². The molecule has 0 aromatic rings. The largest absolute Gasteiger partial charge is 0.531 e. The van der Waals surface area contributed by atoms with Gasteiger partial charge in [0.15, 0.2) is 0 Å². The zero-order valence-corrected chi connectivity index (χ0v) is 4.64. The number of carbonyl (C=O) groups excluding carboxylic acids is 2. The van der Waals surface area contributed by atoms with Crippen molar-refractivity contribution in [3.63, 3.8) is 0 Å². The third kappa shape index (κ3) is 4.30. The predicted molar refractivity (Wildman–Crippen MR) is 24.2 cm³/mol. The molecule has 0 aliphatic heterocycles. The number of rotatable bonds is 6. The van der Waals surface area contributed by atoms with Crippen molar-refractivity contribution in [2.45, 2.75) is 0 Å². The Hall–Kier alpha value is -1.86. The Balaban J connectivity index is 3.24. The van der Waals surface area contributed by atoms with E-state index in [0.29, 0.717) is 0 Å². The van der Waals surface area contributed by atoms with Crippen molar-refractivity contribution >= 4 is 12.8 Å². The first-order valence-corrected chi connectivity index (χ1v) is 2.00. The van der Waals surface area contributed by atoms with Crippen LogP contribution in [0.4, 0.5) is 0 Å². The molecule has 0 aliphatic carbocycles. The van der Waals surface area contributed by atoms with Gasteiger partial charge in [0.25, 0.3) is 0 Å². The molecule has 0 bridgehead atoms. The van der Waals surface area contributed by atoms with Crippen molar-refractivity contribution in [2.75, 3.05) is 0 Å². The number of hydrogen-bond donors (Lipinski definition) is 2. The van der Waals surface area contributed by atoms with Gasteiger partial charge in [-0.05, 0) is 9.88 Å². The molecule has 0 spiro atoms. The molecule has 0 atom stereocenters. The van der Waals surface area contributed by atoms with E-state index in [1.54, 1.807) is 0 Å². The number of nitrogens with one attached hydrogen (secondary N) is 2. The number of amides is 2. The van der Waals surface area contributed by atoms with Gasteiger partial charge in [-0.3, -0.25) is 9.59 Å². The lowest BCUT2D eigenvalue weighted by Crippen LogP contribution is -2.26. The summed E-state index contributed by atoms with van der Waals surface area (Å²) in [6, 6.07) is 0. The molecule has 0 aromatic heterocycles. The van der Waals surface area contributed by atoms with Crippen LogP contribution in [0.25, 0.3) is 0 Å². The molecule has 2 amide bonds. The number of hydrogen-bond acceptors (Lipinski definition) is 5. The predicted octanol–water partition coefficient (Wildman–Crippen LogP) is -2.05. The molecule has 0 aromatic carbocycles. The van der Waals surface area contributed by atoms with Gasteiger partial charge in [0, 0.05) is 0 Å². The Bertz CT molecular complexity index is 121. The van der Waals surface area contributed by atoms with Gasteiger partial charge in [0.05, 0.1) is 0 Å². The fourth-order valence-corrected chi connectivity index (χ4v) is 0.148. The summed E-state index contributed by atoms with van der Waals surface area (Å²) >= 11 is 0. The van der Waals surface area contributed by atoms with Crippen LogP contribution in [0.5, 0.6) is 0 Å². The van der Waals surface area contributed by atoms with Crippen LogP contribution >= 0.6 is 0 Å². The molecule has 0 aliphatic rings. The van der Waals surface area contributed by atoms with Crippen LogP contribution in [-0.2, 0) is 19.5 Å². The lowest BCUT2D eigenvalue weighted by molar-refractivity contribution is -0.997. The Morgan fingerprint density at radius 3 is 1.80 bits per heavy atom. The van der Waals surface area contributed by atoms with E-state index in [2.05, 4.69) is 9.88 Å². The summed E-state index contributed by atoms with van der Waals surface area (Å²) in [7, 11) is 0. The van der Waals surface area contributed by atoms with Crippen LogP contribution in [0, 0.1) is 4.91 Å². The van der Waals surface area contributed by atoms with E-state index >= 15 is 0 Å². The maximum Gasteiger partial charge on any atom is 0.531 e. The molecule has 8 heteroatoms. The summed E-state index contributed by atoms with van der Waals surface area (Å²) in [5.41, 5.74) is 3.02. The van der Waals surface area contributed by atoms with Crippen LogP contribution in [0.15, 0.2) is 0 Å². The molecule has 0 fully saturated rings. The summed E-state index contributed by atoms with van der Waals surface area (Å²) in [6.45, 7) is 0. The van der Waals surface area contributed by atoms with Gasteiger partial charge < -0.3 is 0 Å². The highest BCUT2D eigenvalue weighted by molar-refractivity contribution is 5.43. The molecule has 8 nitrogen and oxygen atoms in total. The standard InChI is InChI=1S/C2H3N3O5/c6-1-3-9-5(8)10-4-2-7/h1-2H,(H-,3,4,6,7)/p+1. The molecular formula is C2H4N3O5+. The zero-order valence-electron chi connectivity index (χ0n) is 4.64. The lowest BCUT2D eigenvalue weighted by Gasteiger charge is -1.84. The van der Waals surface area contributed by atoms with Crippen molar-refractivity contribution in [3.8, 4) is 0 Å². The van der Waals surface area contributed by atoms with Crippen LogP contribution in [0.2, 0.25) is 0 Å². The molecule has 56 valence electrons. The maximum absolute atomic E-state index is 9.99. The Kier molecular flexibility index (Phi) is 4.30. The summed E-state index contributed by atoms with van der Waals surface area (Å²) in [5, 5.41) is -0.511. The van der Waals surface area contributed by atoms with Crippen molar-refractivity contribution in [1.29, 1.82) is 0 Å². The summed E-state index contributed by atoms with van der Waals surface area (Å²) < 4.78 is 0. The molecule has 0 rings (SSSR count). The van der Waals surface area contributed by atoms with Crippen molar-refractivity contribution in [2.24, 2.45) is 0 Å². The Morgan fingerprint density at radius 2 is 1.50 bits per heavy atom. The van der Waals surface area contributed by atoms with Gasteiger partial charge in [0.2, 0.25) is 12.8 Å². The second kappa shape index (κ2) is 5.28. The molecule has 0 radical (unpaired) electrons. The number of hydroxylamine groups is 2. The fraction of sp³-hybridized carbons (Fsp3) is 0. The topological polar surface area (TPSA) is 96.7 Å². The van der Waals surface area contributed by atoms with Gasteiger partial charge in [-0.1, -0.05) is 0 Å². The first kappa shape index (κ1) is 8.14. The van der Waals surface area contributed by atoms with Gasteiger partial charge in [0.1, 0.15) is 4.91 Å². The van der Waals surface area contributed by atoms with Crippen LogP contribution in [0.1, 0.15) is 0 Å². The van der Waals surface area contributed by atoms with E-state index in [9.17, 15) is 14.5 Å². The molecule has 0 heterocycles. The molecule has 10 heavy (non-hydrogen) atoms. The van der Waals surface area contributed by atoms with Gasteiger partial charge in [-0.2, -0.15) is 0 Å². The summed E-state index contributed by atoms with van der Waals surface area (Å²) in [4.78, 5) is 36.3. The monoisotopic (exact) mass is 150 g/mol. The normalized spacial score (nSPS) is 7.20. The van der Waals surface area contributed by atoms with E-state index in [-0.39, 0.29) is 12.8 Å². The van der Waals surface area contributed by atoms with E-state index in [0.717, 1.165) is 0 Å². The van der Waals surface area contributed by atoms with Crippen molar-refractivity contribution in [3.05, 3.63) is 4.91 Å². The minimum absolute atomic E-state index is 0.106. The third-order valence-corrected chi connectivity index (χ3v) is 0.351. The van der Waals surface area contributed by atoms with Crippen LogP contribution < -0.4 is 11.0 Å². The first-order chi connectivity index (χ1) is 4.81. The molecule has 2 N–H and O–H groups in total. The molecule has 0 unspecified atom stereocenters. The summed E-state index contributed by atoms with van der Waals surface area (Å²) in [5.74, 6) is 0. The van der Waals surface area contributed by atoms with Crippen LogP contribution in [0.3, 0.4) is 0 Å². The third-order valence-electron chi connectivity index (χ3n) is 0.351. The summed E-state index contributed by atoms with van der Waals surface area (Å²) in [6.07, 6.45) is 0.213. The average molecular weight is 150 g/mol. The lowest BCUT2D eigenvalue weighted by atomic mass is 11.5. The van der Waals surface area contributed by atoms with Crippen molar-refractivity contribution < 1.29 is 24.6 Å². The number of carbonyl (C=O) groups is 2. The van der Waals surface area contributed by atoms with Gasteiger partial charge >= 0.3 is 5.09 Å². The van der Waals surface area contributed by atoms with E-state index in [1.165, 1.54) is 11.0 Å². The number of nitrogens with zero attached hydrogens (tertiary/aromatic N) is 1. The maximum atomic E-state index is 9.99. The Labute approximate surface area is 54.5 Å². The fourth-order valence-electron chi connectivity index (χ4n) is 0.148. The second-order valence-corrected chi connectivity index (χ2v) is 0.878. The minimum Gasteiger partial charge on any atom is -0.275 e. The molecule has 0 saturated carbocycles. The van der Waals surface area contributed by atoms with E-state index in [1.807, 2.05) is 0 Å². The molecular weight excluding hydrogens is 146 g/mol. The van der Waals surface area contributed by atoms with Gasteiger partial charge in [-0.25, -0.2) is 0 Å². The minimum atomic E-state index is -0.511. The highest BCUT2D eigenvalue weighted by Gasteiger charge is 2.11. The Morgan fingerprint density at radius 1 is 1.10 bits per heavy atom. The van der Waals surface area contributed by atoms with E-state index < -0.39 is 5.09 Å². The second-order valence-electron chi connectivity index (χ2n) is 0.878.